The third kappa shape index (κ3) is 2.70. The van der Waals surface area contributed by atoms with Gasteiger partial charge in [-0.1, -0.05) is 6.07 Å². The van der Waals surface area contributed by atoms with Crippen LogP contribution in [0, 0.1) is 0 Å². The molecule has 1 saturated carbocycles. The molecule has 2 N–H and O–H groups in total. The number of hydrogen-bond acceptors (Lipinski definition) is 2. The lowest BCUT2D eigenvalue weighted by molar-refractivity contribution is 0.251. The number of rotatable bonds is 2. The largest absolute Gasteiger partial charge is 0.335 e. The number of nitrogens with zero attached hydrogens (tertiary/aromatic N) is 1. The number of carbonyl (C=O) groups excluding carboxylic acids is 1. The summed E-state index contributed by atoms with van der Waals surface area (Å²) in [6, 6.07) is 5.56. The van der Waals surface area contributed by atoms with Crippen LogP contribution in [0.2, 0.25) is 0 Å². The molecule has 0 atom stereocenters. The van der Waals surface area contributed by atoms with Crippen LogP contribution < -0.4 is 10.6 Å². The summed E-state index contributed by atoms with van der Waals surface area (Å²) < 4.78 is 0.710. The molecule has 0 bridgehead atoms. The van der Waals surface area contributed by atoms with E-state index in [0.717, 1.165) is 12.8 Å². The van der Waals surface area contributed by atoms with Gasteiger partial charge in [0.2, 0.25) is 0 Å². The summed E-state index contributed by atoms with van der Waals surface area (Å²) in [6.45, 7) is 0. The Morgan fingerprint density at radius 3 is 2.93 bits per heavy atom. The predicted octanol–water partition coefficient (Wildman–Crippen LogP) is 2.13. The Balaban J connectivity index is 1.92. The summed E-state index contributed by atoms with van der Waals surface area (Å²) in [5.41, 5.74) is 0. The molecule has 0 spiro atoms. The van der Waals surface area contributed by atoms with Crippen LogP contribution in [0.1, 0.15) is 12.8 Å². The van der Waals surface area contributed by atoms with Crippen molar-refractivity contribution >= 4 is 27.8 Å². The Kier molecular flexibility index (Phi) is 2.67. The number of aromatic nitrogens is 1. The maximum atomic E-state index is 11.3. The summed E-state index contributed by atoms with van der Waals surface area (Å²) in [6.07, 6.45) is 2.17. The van der Waals surface area contributed by atoms with E-state index in [9.17, 15) is 4.79 Å². The van der Waals surface area contributed by atoms with Crippen molar-refractivity contribution in [3.63, 3.8) is 0 Å². The van der Waals surface area contributed by atoms with Gasteiger partial charge in [0.1, 0.15) is 10.4 Å². The number of nitrogens with one attached hydrogen (secondary N) is 2. The van der Waals surface area contributed by atoms with Gasteiger partial charge >= 0.3 is 6.03 Å². The first-order valence-electron chi connectivity index (χ1n) is 4.44. The van der Waals surface area contributed by atoms with Crippen molar-refractivity contribution in [3.05, 3.63) is 22.8 Å². The van der Waals surface area contributed by atoms with Crippen LogP contribution in [0.25, 0.3) is 0 Å². The molecule has 0 saturated heterocycles. The van der Waals surface area contributed by atoms with Crippen molar-refractivity contribution in [1.82, 2.24) is 10.3 Å². The van der Waals surface area contributed by atoms with Crippen molar-refractivity contribution < 1.29 is 4.79 Å². The van der Waals surface area contributed by atoms with Gasteiger partial charge < -0.3 is 5.32 Å². The van der Waals surface area contributed by atoms with E-state index in [1.165, 1.54) is 0 Å². The van der Waals surface area contributed by atoms with Gasteiger partial charge in [-0.3, -0.25) is 5.32 Å². The standard InChI is InChI=1S/C9H10BrN3O/c10-7-2-1-3-8(12-7)13-9(14)11-6-4-5-6/h1-3,6H,4-5H2,(H2,11,12,13,14). The van der Waals surface area contributed by atoms with Crippen molar-refractivity contribution in [1.29, 1.82) is 0 Å². The molecule has 0 aromatic carbocycles. The molecule has 1 aromatic heterocycles. The SMILES string of the molecule is O=C(Nc1cccc(Br)n1)NC1CC1. The van der Waals surface area contributed by atoms with E-state index in [1.54, 1.807) is 6.07 Å². The fourth-order valence-corrected chi connectivity index (χ4v) is 1.39. The Morgan fingerprint density at radius 1 is 1.50 bits per heavy atom. The minimum Gasteiger partial charge on any atom is -0.335 e. The zero-order valence-electron chi connectivity index (χ0n) is 7.46. The van der Waals surface area contributed by atoms with E-state index in [-0.39, 0.29) is 6.03 Å². The number of anilines is 1. The average molecular weight is 256 g/mol. The Bertz CT molecular complexity index is 352. The minimum absolute atomic E-state index is 0.182. The molecule has 0 radical (unpaired) electrons. The molecule has 5 heteroatoms. The summed E-state index contributed by atoms with van der Waals surface area (Å²) in [7, 11) is 0. The molecular weight excluding hydrogens is 246 g/mol. The third-order valence-electron chi connectivity index (χ3n) is 1.87. The quantitative estimate of drug-likeness (QED) is 0.796. The highest BCUT2D eigenvalue weighted by Gasteiger charge is 2.23. The molecule has 0 aliphatic heterocycles. The molecular formula is C9H10BrN3O. The van der Waals surface area contributed by atoms with Crippen molar-refractivity contribution in [2.24, 2.45) is 0 Å². The number of amides is 2. The highest BCUT2D eigenvalue weighted by atomic mass is 79.9. The van der Waals surface area contributed by atoms with E-state index in [0.29, 0.717) is 16.5 Å². The average Bonchev–Trinajstić information content (AvgIpc) is 2.87. The van der Waals surface area contributed by atoms with Gasteiger partial charge in [-0.05, 0) is 40.9 Å². The van der Waals surface area contributed by atoms with Crippen LogP contribution in [0.5, 0.6) is 0 Å². The minimum atomic E-state index is -0.182. The Hall–Kier alpha value is -1.10. The van der Waals surface area contributed by atoms with Gasteiger partial charge in [0.25, 0.3) is 0 Å². The first kappa shape index (κ1) is 9.45. The lowest BCUT2D eigenvalue weighted by Gasteiger charge is -2.05. The molecule has 4 nitrogen and oxygen atoms in total. The lowest BCUT2D eigenvalue weighted by Crippen LogP contribution is -2.30. The molecule has 2 rings (SSSR count). The second kappa shape index (κ2) is 3.96. The zero-order valence-corrected chi connectivity index (χ0v) is 9.04. The normalized spacial score (nSPS) is 14.9. The number of pyridine rings is 1. The van der Waals surface area contributed by atoms with Gasteiger partial charge in [-0.2, -0.15) is 0 Å². The number of urea groups is 1. The topological polar surface area (TPSA) is 54.0 Å². The van der Waals surface area contributed by atoms with Crippen molar-refractivity contribution in [2.45, 2.75) is 18.9 Å². The maximum Gasteiger partial charge on any atom is 0.320 e. The van der Waals surface area contributed by atoms with Crippen LogP contribution in [-0.4, -0.2) is 17.1 Å². The van der Waals surface area contributed by atoms with Gasteiger partial charge in [0.15, 0.2) is 0 Å². The molecule has 1 fully saturated rings. The lowest BCUT2D eigenvalue weighted by atomic mass is 10.5. The second-order valence-corrected chi connectivity index (χ2v) is 4.03. The van der Waals surface area contributed by atoms with E-state index >= 15 is 0 Å². The molecule has 1 aromatic rings. The highest BCUT2D eigenvalue weighted by Crippen LogP contribution is 2.18. The number of hydrogen-bond donors (Lipinski definition) is 2. The van der Waals surface area contributed by atoms with Gasteiger partial charge in [-0.15, -0.1) is 0 Å². The molecule has 0 unspecified atom stereocenters. The van der Waals surface area contributed by atoms with Crippen molar-refractivity contribution in [3.8, 4) is 0 Å². The molecule has 1 aliphatic carbocycles. The monoisotopic (exact) mass is 255 g/mol. The van der Waals surface area contributed by atoms with Gasteiger partial charge in [0.05, 0.1) is 0 Å². The van der Waals surface area contributed by atoms with Crippen LogP contribution >= 0.6 is 15.9 Å². The van der Waals surface area contributed by atoms with E-state index in [1.807, 2.05) is 12.1 Å². The van der Waals surface area contributed by atoms with Crippen LogP contribution in [0.15, 0.2) is 22.8 Å². The first-order valence-corrected chi connectivity index (χ1v) is 5.23. The Labute approximate surface area is 90.2 Å². The molecule has 14 heavy (non-hydrogen) atoms. The summed E-state index contributed by atoms with van der Waals surface area (Å²) in [4.78, 5) is 15.4. The van der Waals surface area contributed by atoms with Crippen LogP contribution in [-0.2, 0) is 0 Å². The van der Waals surface area contributed by atoms with Gasteiger partial charge in [0, 0.05) is 6.04 Å². The summed E-state index contributed by atoms with van der Waals surface area (Å²) in [5.74, 6) is 0.553. The van der Waals surface area contributed by atoms with E-state index in [4.69, 9.17) is 0 Å². The Morgan fingerprint density at radius 2 is 2.29 bits per heavy atom. The number of halogens is 1. The second-order valence-electron chi connectivity index (χ2n) is 3.22. The van der Waals surface area contributed by atoms with Crippen LogP contribution in [0.4, 0.5) is 10.6 Å². The smallest absolute Gasteiger partial charge is 0.320 e. The maximum absolute atomic E-state index is 11.3. The first-order chi connectivity index (χ1) is 6.74. The summed E-state index contributed by atoms with van der Waals surface area (Å²) in [5, 5.41) is 5.48. The molecule has 1 heterocycles. The fraction of sp³-hybridized carbons (Fsp3) is 0.333. The number of carbonyl (C=O) groups is 1. The van der Waals surface area contributed by atoms with E-state index in [2.05, 4.69) is 31.5 Å². The van der Waals surface area contributed by atoms with E-state index < -0.39 is 0 Å². The molecule has 74 valence electrons. The molecule has 1 aliphatic rings. The van der Waals surface area contributed by atoms with Crippen LogP contribution in [0.3, 0.4) is 0 Å². The summed E-state index contributed by atoms with van der Waals surface area (Å²) >= 11 is 3.23. The van der Waals surface area contributed by atoms with Crippen molar-refractivity contribution in [2.75, 3.05) is 5.32 Å². The zero-order chi connectivity index (χ0) is 9.97. The highest BCUT2D eigenvalue weighted by molar-refractivity contribution is 9.10. The third-order valence-corrected chi connectivity index (χ3v) is 2.31. The fourth-order valence-electron chi connectivity index (χ4n) is 1.04. The molecule has 2 amide bonds. The predicted molar refractivity (Wildman–Crippen MR) is 57.1 cm³/mol. The van der Waals surface area contributed by atoms with Gasteiger partial charge in [-0.25, -0.2) is 9.78 Å².